The topological polar surface area (TPSA) is 91.4 Å². The van der Waals surface area contributed by atoms with Crippen LogP contribution in [0.25, 0.3) is 11.1 Å². The van der Waals surface area contributed by atoms with Crippen molar-refractivity contribution in [2.24, 2.45) is 0 Å². The summed E-state index contributed by atoms with van der Waals surface area (Å²) >= 11 is 0. The summed E-state index contributed by atoms with van der Waals surface area (Å²) in [5.41, 5.74) is 2.11. The van der Waals surface area contributed by atoms with Crippen molar-refractivity contribution >= 4 is 29.5 Å². The number of anilines is 2. The molecule has 3 aromatic carbocycles. The molecule has 0 unspecified atom stereocenters. The van der Waals surface area contributed by atoms with Crippen molar-refractivity contribution in [3.8, 4) is 11.1 Å². The van der Waals surface area contributed by atoms with E-state index >= 15 is 8.78 Å². The lowest BCUT2D eigenvalue weighted by molar-refractivity contribution is -0.119. The molecule has 2 aliphatic rings. The van der Waals surface area contributed by atoms with Crippen molar-refractivity contribution in [1.29, 1.82) is 0 Å². The normalized spacial score (nSPS) is 16.9. The number of piperazine rings is 1. The molecule has 0 aromatic heterocycles. The second kappa shape index (κ2) is 12.2. The van der Waals surface area contributed by atoms with Gasteiger partial charge in [-0.15, -0.1) is 0 Å². The van der Waals surface area contributed by atoms with E-state index in [0.29, 0.717) is 43.1 Å². The molecule has 0 aliphatic carbocycles. The molecule has 3 aromatic rings. The number of nitrogens with one attached hydrogen (secondary N) is 1. The number of rotatable bonds is 7. The summed E-state index contributed by atoms with van der Waals surface area (Å²) in [6.07, 6.45) is -1.58. The van der Waals surface area contributed by atoms with Gasteiger partial charge in [0.25, 0.3) is 0 Å². The summed E-state index contributed by atoms with van der Waals surface area (Å²) in [4.78, 5) is 40.6. The minimum atomic E-state index is -0.632. The van der Waals surface area contributed by atoms with E-state index in [1.54, 1.807) is 23.1 Å². The number of hydrogen-bond acceptors (Lipinski definition) is 6. The molecule has 9 nitrogen and oxygen atoms in total. The number of halogens is 2. The van der Waals surface area contributed by atoms with E-state index in [1.165, 1.54) is 30.0 Å². The first-order chi connectivity index (χ1) is 19.8. The van der Waals surface area contributed by atoms with Gasteiger partial charge in [-0.2, -0.15) is 0 Å². The Hall–Kier alpha value is -4.67. The third-order valence-electron chi connectivity index (χ3n) is 7.06. The van der Waals surface area contributed by atoms with Crippen LogP contribution in [0.5, 0.6) is 0 Å². The van der Waals surface area contributed by atoms with Crippen LogP contribution in [0.3, 0.4) is 0 Å². The van der Waals surface area contributed by atoms with Crippen LogP contribution in [-0.4, -0.2) is 68.4 Å². The average molecular weight is 565 g/mol. The SMILES string of the molecule is CC(=O)NC[C@H]1CN(c2ccc(-c3ccc(N4CCN(C(=O)OCc5ccccc5)CC4)c(F)c3)c(F)c2)C(=O)O1. The van der Waals surface area contributed by atoms with Gasteiger partial charge in [-0.3, -0.25) is 9.69 Å². The van der Waals surface area contributed by atoms with Crippen LogP contribution in [0.4, 0.5) is 29.7 Å². The molecular formula is C30H30F2N4O5. The van der Waals surface area contributed by atoms with Gasteiger partial charge in [0.15, 0.2) is 0 Å². The zero-order valence-corrected chi connectivity index (χ0v) is 22.5. The van der Waals surface area contributed by atoms with Gasteiger partial charge in [-0.1, -0.05) is 36.4 Å². The minimum absolute atomic E-state index is 0.164. The maximum Gasteiger partial charge on any atom is 0.414 e. The predicted octanol–water partition coefficient (Wildman–Crippen LogP) is 4.55. The second-order valence-electron chi connectivity index (χ2n) is 9.90. The highest BCUT2D eigenvalue weighted by molar-refractivity contribution is 5.90. The van der Waals surface area contributed by atoms with Gasteiger partial charge in [0.05, 0.1) is 24.5 Å². The molecule has 11 heteroatoms. The Morgan fingerprint density at radius 2 is 1.73 bits per heavy atom. The number of carbonyl (C=O) groups excluding carboxylic acids is 3. The number of ether oxygens (including phenoxy) is 2. The smallest absolute Gasteiger partial charge is 0.414 e. The fourth-order valence-electron chi connectivity index (χ4n) is 4.87. The number of hydrogen-bond donors (Lipinski definition) is 1. The summed E-state index contributed by atoms with van der Waals surface area (Å²) in [5, 5.41) is 2.59. The largest absolute Gasteiger partial charge is 0.445 e. The van der Waals surface area contributed by atoms with Crippen molar-refractivity contribution in [3.05, 3.63) is 83.9 Å². The molecule has 2 heterocycles. The molecule has 2 saturated heterocycles. The van der Waals surface area contributed by atoms with Crippen LogP contribution in [-0.2, 0) is 20.9 Å². The zero-order valence-electron chi connectivity index (χ0n) is 22.5. The summed E-state index contributed by atoms with van der Waals surface area (Å²) < 4.78 is 41.0. The molecule has 2 aliphatic heterocycles. The van der Waals surface area contributed by atoms with E-state index in [1.807, 2.05) is 35.2 Å². The van der Waals surface area contributed by atoms with Gasteiger partial charge in [-0.05, 0) is 41.5 Å². The van der Waals surface area contributed by atoms with Crippen LogP contribution < -0.4 is 15.1 Å². The predicted molar refractivity (Wildman–Crippen MR) is 149 cm³/mol. The Bertz CT molecular complexity index is 1430. The molecule has 41 heavy (non-hydrogen) atoms. The highest BCUT2D eigenvalue weighted by Crippen LogP contribution is 2.32. The molecule has 1 N–H and O–H groups in total. The molecule has 0 saturated carbocycles. The lowest BCUT2D eigenvalue weighted by atomic mass is 10.0. The first kappa shape index (κ1) is 27.9. The van der Waals surface area contributed by atoms with Gasteiger partial charge in [0, 0.05) is 38.7 Å². The van der Waals surface area contributed by atoms with E-state index in [0.717, 1.165) is 5.56 Å². The molecule has 214 valence electrons. The molecule has 1 atom stereocenters. The van der Waals surface area contributed by atoms with Gasteiger partial charge >= 0.3 is 12.2 Å². The second-order valence-corrected chi connectivity index (χ2v) is 9.90. The Morgan fingerprint density at radius 1 is 0.976 bits per heavy atom. The summed E-state index contributed by atoms with van der Waals surface area (Å²) in [6, 6.07) is 18.2. The summed E-state index contributed by atoms with van der Waals surface area (Å²) in [7, 11) is 0. The Balaban J connectivity index is 1.19. The van der Waals surface area contributed by atoms with E-state index in [4.69, 9.17) is 9.47 Å². The average Bonchev–Trinajstić information content (AvgIpc) is 3.35. The standard InChI is InChI=1S/C30H30F2N4O5/c1-20(37)33-17-24-18-36(30(39)41-24)23-8-9-25(26(31)16-23)22-7-10-28(27(32)15-22)34-11-13-35(14-12-34)29(38)40-19-21-5-3-2-4-6-21/h2-10,15-16,24H,11-14,17-19H2,1H3,(H,33,37)/t24-/m0/s1. The molecule has 5 rings (SSSR count). The van der Waals surface area contributed by atoms with Crippen molar-refractivity contribution < 1.29 is 32.6 Å². The van der Waals surface area contributed by atoms with E-state index < -0.39 is 29.9 Å². The highest BCUT2D eigenvalue weighted by Gasteiger charge is 2.33. The first-order valence-corrected chi connectivity index (χ1v) is 13.3. The van der Waals surface area contributed by atoms with Gasteiger partial charge in [0.2, 0.25) is 5.91 Å². The van der Waals surface area contributed by atoms with Gasteiger partial charge in [0.1, 0.15) is 24.3 Å². The summed E-state index contributed by atoms with van der Waals surface area (Å²) in [6.45, 7) is 3.50. The van der Waals surface area contributed by atoms with Crippen molar-refractivity contribution in [2.45, 2.75) is 19.6 Å². The van der Waals surface area contributed by atoms with Crippen LogP contribution >= 0.6 is 0 Å². The number of cyclic esters (lactones) is 1. The van der Waals surface area contributed by atoms with Crippen molar-refractivity contribution in [2.75, 3.05) is 49.1 Å². The van der Waals surface area contributed by atoms with E-state index in [9.17, 15) is 14.4 Å². The summed E-state index contributed by atoms with van der Waals surface area (Å²) in [5.74, 6) is -1.36. The number of carbonyl (C=O) groups is 3. The third-order valence-corrected chi connectivity index (χ3v) is 7.06. The molecule has 0 spiro atoms. The third kappa shape index (κ3) is 6.56. The monoisotopic (exact) mass is 564 g/mol. The van der Waals surface area contributed by atoms with E-state index in [2.05, 4.69) is 5.32 Å². The van der Waals surface area contributed by atoms with Crippen LogP contribution in [0.15, 0.2) is 66.7 Å². The quantitative estimate of drug-likeness (QED) is 0.453. The molecule has 2 fully saturated rings. The Kier molecular flexibility index (Phi) is 8.32. The maximum absolute atomic E-state index is 15.2. The Morgan fingerprint density at radius 3 is 2.41 bits per heavy atom. The molecule has 0 bridgehead atoms. The fraction of sp³-hybridized carbons (Fsp3) is 0.300. The van der Waals surface area contributed by atoms with Crippen molar-refractivity contribution in [3.63, 3.8) is 0 Å². The highest BCUT2D eigenvalue weighted by atomic mass is 19.1. The lowest BCUT2D eigenvalue weighted by Crippen LogP contribution is -2.49. The number of benzene rings is 3. The van der Waals surface area contributed by atoms with Crippen LogP contribution in [0.2, 0.25) is 0 Å². The minimum Gasteiger partial charge on any atom is -0.445 e. The Labute approximate surface area is 236 Å². The molecular weight excluding hydrogens is 534 g/mol. The van der Waals surface area contributed by atoms with E-state index in [-0.39, 0.29) is 31.2 Å². The fourth-order valence-corrected chi connectivity index (χ4v) is 4.87. The van der Waals surface area contributed by atoms with Crippen LogP contribution in [0, 0.1) is 11.6 Å². The van der Waals surface area contributed by atoms with Crippen LogP contribution in [0.1, 0.15) is 12.5 Å². The molecule has 0 radical (unpaired) electrons. The first-order valence-electron chi connectivity index (χ1n) is 13.3. The van der Waals surface area contributed by atoms with Gasteiger partial charge < -0.3 is 24.6 Å². The molecule has 3 amide bonds. The van der Waals surface area contributed by atoms with Crippen molar-refractivity contribution in [1.82, 2.24) is 10.2 Å². The van der Waals surface area contributed by atoms with Gasteiger partial charge in [-0.25, -0.2) is 18.4 Å². The number of nitrogens with zero attached hydrogens (tertiary/aromatic N) is 3. The maximum atomic E-state index is 15.2. The zero-order chi connectivity index (χ0) is 28.9. The number of amides is 3. The lowest BCUT2D eigenvalue weighted by Gasteiger charge is -2.35.